The van der Waals surface area contributed by atoms with Crippen molar-refractivity contribution in [1.82, 2.24) is 9.97 Å². The second-order valence-corrected chi connectivity index (χ2v) is 6.45. The number of rotatable bonds is 7. The van der Waals surface area contributed by atoms with Crippen molar-refractivity contribution in [1.29, 1.82) is 0 Å². The van der Waals surface area contributed by atoms with E-state index < -0.39 is 17.5 Å². The molecule has 0 saturated carbocycles. The van der Waals surface area contributed by atoms with Gasteiger partial charge < -0.3 is 9.84 Å². The summed E-state index contributed by atoms with van der Waals surface area (Å²) < 4.78 is 5.74. The molecule has 158 valence electrons. The molecule has 5 nitrogen and oxygen atoms in total. The summed E-state index contributed by atoms with van der Waals surface area (Å²) in [6.07, 6.45) is 2.76. The van der Waals surface area contributed by atoms with E-state index in [0.717, 1.165) is 17.0 Å². The molecular weight excluding hydrogens is 364 g/mol. The first kappa shape index (κ1) is 26.1. The summed E-state index contributed by atoms with van der Waals surface area (Å²) in [5.41, 5.74) is 1.52. The molecule has 0 aliphatic rings. The maximum atomic E-state index is 12.0. The van der Waals surface area contributed by atoms with Crippen LogP contribution in [0, 0.1) is 13.8 Å². The second-order valence-electron chi connectivity index (χ2n) is 6.45. The average molecular weight is 399 g/mol. The van der Waals surface area contributed by atoms with Crippen LogP contribution in [0.4, 0.5) is 0 Å². The Morgan fingerprint density at radius 1 is 1.17 bits per heavy atom. The van der Waals surface area contributed by atoms with Gasteiger partial charge in [0, 0.05) is 16.8 Å². The van der Waals surface area contributed by atoms with Crippen LogP contribution in [0.15, 0.2) is 61.7 Å². The molecule has 0 spiro atoms. The Labute approximate surface area is 175 Å². The number of benzene rings is 1. The quantitative estimate of drug-likeness (QED) is 0.608. The van der Waals surface area contributed by atoms with E-state index in [0.29, 0.717) is 6.42 Å². The van der Waals surface area contributed by atoms with Gasteiger partial charge in [-0.3, -0.25) is 0 Å². The van der Waals surface area contributed by atoms with E-state index in [1.165, 1.54) is 0 Å². The van der Waals surface area contributed by atoms with Gasteiger partial charge in [-0.2, -0.15) is 0 Å². The Kier molecular flexibility index (Phi) is 11.9. The van der Waals surface area contributed by atoms with Crippen molar-refractivity contribution in [2.24, 2.45) is 0 Å². The van der Waals surface area contributed by atoms with Crippen LogP contribution in [-0.4, -0.2) is 27.1 Å². The molecule has 29 heavy (non-hydrogen) atoms. The zero-order valence-corrected chi connectivity index (χ0v) is 18.5. The number of hydrogen-bond donors (Lipinski definition) is 1. The van der Waals surface area contributed by atoms with Crippen molar-refractivity contribution in [3.63, 3.8) is 0 Å². The summed E-state index contributed by atoms with van der Waals surface area (Å²) in [5.74, 6) is -1.06. The highest BCUT2D eigenvalue weighted by Gasteiger charge is 2.42. The summed E-state index contributed by atoms with van der Waals surface area (Å²) >= 11 is 0. The smallest absolute Gasteiger partial charge is 0.345 e. The van der Waals surface area contributed by atoms with Gasteiger partial charge in [-0.15, -0.1) is 13.2 Å². The van der Waals surface area contributed by atoms with Crippen molar-refractivity contribution in [3.05, 3.63) is 78.7 Å². The maximum absolute atomic E-state index is 12.0. The van der Waals surface area contributed by atoms with Crippen molar-refractivity contribution < 1.29 is 14.6 Å². The van der Waals surface area contributed by atoms with E-state index in [-0.39, 0.29) is 6.01 Å². The Bertz CT molecular complexity index is 755. The molecule has 2 aromatic rings. The van der Waals surface area contributed by atoms with Gasteiger partial charge in [0.2, 0.25) is 6.10 Å². The van der Waals surface area contributed by atoms with Crippen LogP contribution < -0.4 is 4.74 Å². The van der Waals surface area contributed by atoms with Crippen molar-refractivity contribution in [2.45, 2.75) is 59.5 Å². The standard InChI is InChI=1S/C19H22N2O3.C3H6.C2H6/c1-5-11-19(4,15-9-7-6-8-10-15)16(17(22)23)24-18-20-13(2)12-14(3)21-18;1-3-2;1-2/h5-10,12,16H,1,11H2,2-4H3,(H,22,23);3H,1H2,2H3;1-2H3. The topological polar surface area (TPSA) is 72.3 Å². The van der Waals surface area contributed by atoms with Gasteiger partial charge in [0.05, 0.1) is 0 Å². The summed E-state index contributed by atoms with van der Waals surface area (Å²) in [4.78, 5) is 20.4. The Morgan fingerprint density at radius 3 is 2.07 bits per heavy atom. The van der Waals surface area contributed by atoms with Crippen molar-refractivity contribution in [2.75, 3.05) is 0 Å². The molecule has 0 fully saturated rings. The molecule has 2 rings (SSSR count). The fourth-order valence-corrected chi connectivity index (χ4v) is 2.80. The highest BCUT2D eigenvalue weighted by atomic mass is 16.5. The zero-order valence-electron chi connectivity index (χ0n) is 18.5. The lowest BCUT2D eigenvalue weighted by atomic mass is 9.74. The Hall–Kier alpha value is -2.95. The highest BCUT2D eigenvalue weighted by Crippen LogP contribution is 2.34. The molecule has 0 saturated heterocycles. The zero-order chi connectivity index (χ0) is 22.4. The number of nitrogens with zero attached hydrogens (tertiary/aromatic N) is 2. The van der Waals surface area contributed by atoms with E-state index in [2.05, 4.69) is 23.1 Å². The van der Waals surface area contributed by atoms with Crippen LogP contribution in [0.3, 0.4) is 0 Å². The monoisotopic (exact) mass is 398 g/mol. The Morgan fingerprint density at radius 2 is 1.66 bits per heavy atom. The predicted molar refractivity (Wildman–Crippen MR) is 119 cm³/mol. The highest BCUT2D eigenvalue weighted by molar-refractivity contribution is 5.75. The third-order valence-electron chi connectivity index (χ3n) is 3.99. The van der Waals surface area contributed by atoms with Gasteiger partial charge in [-0.25, -0.2) is 14.8 Å². The van der Waals surface area contributed by atoms with E-state index in [9.17, 15) is 9.90 Å². The minimum Gasteiger partial charge on any atom is -0.478 e. The van der Waals surface area contributed by atoms with Crippen LogP contribution >= 0.6 is 0 Å². The van der Waals surface area contributed by atoms with Gasteiger partial charge in [-0.1, -0.05) is 63.3 Å². The van der Waals surface area contributed by atoms with E-state index >= 15 is 0 Å². The first-order valence-corrected chi connectivity index (χ1v) is 9.73. The lowest BCUT2D eigenvalue weighted by molar-refractivity contribution is -0.148. The first-order valence-electron chi connectivity index (χ1n) is 9.73. The molecule has 1 heterocycles. The van der Waals surface area contributed by atoms with Crippen molar-refractivity contribution >= 4 is 5.97 Å². The number of aliphatic carboxylic acids is 1. The number of ether oxygens (including phenoxy) is 1. The first-order chi connectivity index (χ1) is 13.8. The predicted octanol–water partition coefficient (Wildman–Crippen LogP) is 5.68. The minimum absolute atomic E-state index is 0.0751. The molecule has 5 heteroatoms. The molecule has 1 N–H and O–H groups in total. The Balaban J connectivity index is 0.00000143. The number of carboxylic acid groups (broad SMARTS) is 1. The minimum atomic E-state index is -1.14. The number of carboxylic acids is 1. The summed E-state index contributed by atoms with van der Waals surface area (Å²) in [6.45, 7) is 18.5. The van der Waals surface area contributed by atoms with Crippen LogP contribution in [0.25, 0.3) is 0 Å². The van der Waals surface area contributed by atoms with E-state index in [1.807, 2.05) is 77.9 Å². The van der Waals surface area contributed by atoms with Crippen LogP contribution in [0.2, 0.25) is 0 Å². The van der Waals surface area contributed by atoms with Gasteiger partial charge in [-0.05, 0) is 38.8 Å². The second kappa shape index (κ2) is 13.3. The molecule has 1 aromatic heterocycles. The number of aromatic nitrogens is 2. The van der Waals surface area contributed by atoms with Gasteiger partial charge >= 0.3 is 12.0 Å². The third kappa shape index (κ3) is 7.90. The lowest BCUT2D eigenvalue weighted by Crippen LogP contribution is -2.46. The van der Waals surface area contributed by atoms with E-state index in [4.69, 9.17) is 4.74 Å². The van der Waals surface area contributed by atoms with Crippen LogP contribution in [-0.2, 0) is 10.2 Å². The largest absolute Gasteiger partial charge is 0.478 e. The molecule has 0 amide bonds. The number of aryl methyl sites for hydroxylation is 2. The van der Waals surface area contributed by atoms with Gasteiger partial charge in [0.1, 0.15) is 0 Å². The number of carbonyl (C=O) groups is 1. The fraction of sp³-hybridized carbons (Fsp3) is 0.375. The molecule has 2 atom stereocenters. The van der Waals surface area contributed by atoms with Gasteiger partial charge in [0.15, 0.2) is 0 Å². The van der Waals surface area contributed by atoms with Crippen molar-refractivity contribution in [3.8, 4) is 6.01 Å². The fourth-order valence-electron chi connectivity index (χ4n) is 2.80. The van der Waals surface area contributed by atoms with Crippen LogP contribution in [0.5, 0.6) is 6.01 Å². The van der Waals surface area contributed by atoms with Gasteiger partial charge in [0.25, 0.3) is 0 Å². The SMILES string of the molecule is C=CC.C=CCC(C)(c1ccccc1)C(Oc1nc(C)cc(C)n1)C(=O)O.CC. The number of allylic oxidation sites excluding steroid dienone is 2. The summed E-state index contributed by atoms with van der Waals surface area (Å²) in [6, 6.07) is 11.3. The molecule has 0 bridgehead atoms. The molecule has 2 unspecified atom stereocenters. The summed E-state index contributed by atoms with van der Waals surface area (Å²) in [7, 11) is 0. The molecule has 0 aliphatic carbocycles. The molecular formula is C24H34N2O3. The maximum Gasteiger partial charge on any atom is 0.345 e. The third-order valence-corrected chi connectivity index (χ3v) is 3.99. The van der Waals surface area contributed by atoms with Crippen LogP contribution in [0.1, 0.15) is 51.1 Å². The molecule has 0 radical (unpaired) electrons. The normalized spacial score (nSPS) is 12.6. The van der Waals surface area contributed by atoms with E-state index in [1.54, 1.807) is 12.2 Å². The average Bonchev–Trinajstić information content (AvgIpc) is 2.68. The number of hydrogen-bond acceptors (Lipinski definition) is 4. The molecule has 0 aliphatic heterocycles. The lowest BCUT2D eigenvalue weighted by Gasteiger charge is -2.34. The summed E-state index contributed by atoms with van der Waals surface area (Å²) in [5, 5.41) is 9.78. The molecule has 1 aromatic carbocycles.